The van der Waals surface area contributed by atoms with Gasteiger partial charge in [0.1, 0.15) is 23.1 Å². The van der Waals surface area contributed by atoms with E-state index in [-0.39, 0.29) is 11.3 Å². The number of rotatable bonds is 7. The lowest BCUT2D eigenvalue weighted by molar-refractivity contribution is -0.384. The number of nitro benzene ring substituents is 1. The van der Waals surface area contributed by atoms with E-state index in [0.717, 1.165) is 0 Å². The Morgan fingerprint density at radius 1 is 0.970 bits per heavy atom. The average Bonchev–Trinajstić information content (AvgIpc) is 2.83. The first-order chi connectivity index (χ1) is 15.9. The van der Waals surface area contributed by atoms with Crippen LogP contribution in [-0.2, 0) is 4.79 Å². The van der Waals surface area contributed by atoms with E-state index in [9.17, 15) is 25.0 Å². The largest absolute Gasteiger partial charge is 0.497 e. The first-order valence-corrected chi connectivity index (χ1v) is 9.53. The Hall–Kier alpha value is -4.97. The summed E-state index contributed by atoms with van der Waals surface area (Å²) in [7, 11) is 1.53. The van der Waals surface area contributed by atoms with Crippen LogP contribution in [-0.4, -0.2) is 23.9 Å². The second-order valence-electron chi connectivity index (χ2n) is 6.61. The van der Waals surface area contributed by atoms with Crippen molar-refractivity contribution in [1.82, 2.24) is 0 Å². The number of methoxy groups -OCH3 is 1. The molecular weight excluding hydrogens is 426 g/mol. The minimum absolute atomic E-state index is 0.114. The van der Waals surface area contributed by atoms with Crippen molar-refractivity contribution in [3.05, 3.63) is 99.6 Å². The van der Waals surface area contributed by atoms with Crippen LogP contribution in [0.5, 0.6) is 11.5 Å². The molecule has 33 heavy (non-hydrogen) atoms. The molecule has 0 saturated heterocycles. The second kappa shape index (κ2) is 10.4. The molecule has 0 aromatic heterocycles. The Kier molecular flexibility index (Phi) is 7.13. The lowest BCUT2D eigenvalue weighted by Crippen LogP contribution is -2.13. The fraction of sp³-hybridized carbons (Fsp3) is 0.0417. The number of nitrogens with zero attached hydrogens (tertiary/aromatic N) is 2. The van der Waals surface area contributed by atoms with Crippen molar-refractivity contribution < 1.29 is 24.0 Å². The van der Waals surface area contributed by atoms with Crippen LogP contribution in [0.4, 0.5) is 11.4 Å². The van der Waals surface area contributed by atoms with Crippen LogP contribution in [0.25, 0.3) is 6.08 Å². The van der Waals surface area contributed by atoms with E-state index in [2.05, 4.69) is 5.32 Å². The van der Waals surface area contributed by atoms with E-state index in [1.54, 1.807) is 36.4 Å². The van der Waals surface area contributed by atoms with Gasteiger partial charge in [0.2, 0.25) is 0 Å². The predicted octanol–water partition coefficient (Wildman–Crippen LogP) is 4.37. The van der Waals surface area contributed by atoms with Crippen LogP contribution in [0, 0.1) is 21.4 Å². The van der Waals surface area contributed by atoms with Gasteiger partial charge in [-0.25, -0.2) is 4.79 Å². The minimum atomic E-state index is -0.665. The number of esters is 1. The Bertz CT molecular complexity index is 1240. The van der Waals surface area contributed by atoms with Gasteiger partial charge in [-0.3, -0.25) is 14.9 Å². The number of nitro groups is 1. The minimum Gasteiger partial charge on any atom is -0.497 e. The van der Waals surface area contributed by atoms with Crippen molar-refractivity contribution in [3.8, 4) is 17.6 Å². The number of carbonyl (C=O) groups is 2. The van der Waals surface area contributed by atoms with Gasteiger partial charge in [-0.2, -0.15) is 5.26 Å². The van der Waals surface area contributed by atoms with E-state index in [4.69, 9.17) is 9.47 Å². The Labute approximate surface area is 188 Å². The molecule has 164 valence electrons. The zero-order chi connectivity index (χ0) is 23.8. The molecule has 0 bridgehead atoms. The number of non-ortho nitro benzene ring substituents is 1. The van der Waals surface area contributed by atoms with Gasteiger partial charge in [0.05, 0.1) is 17.6 Å². The molecule has 9 nitrogen and oxygen atoms in total. The van der Waals surface area contributed by atoms with E-state index < -0.39 is 16.8 Å². The summed E-state index contributed by atoms with van der Waals surface area (Å²) in [5, 5.41) is 22.6. The van der Waals surface area contributed by atoms with Crippen LogP contribution in [0.1, 0.15) is 15.9 Å². The normalized spacial score (nSPS) is 10.6. The summed E-state index contributed by atoms with van der Waals surface area (Å²) >= 11 is 0. The summed E-state index contributed by atoms with van der Waals surface area (Å²) in [6, 6.07) is 19.8. The molecule has 3 aromatic carbocycles. The highest BCUT2D eigenvalue weighted by Gasteiger charge is 2.12. The monoisotopic (exact) mass is 443 g/mol. The lowest BCUT2D eigenvalue weighted by Gasteiger charge is -2.06. The molecule has 3 aromatic rings. The molecule has 0 atom stereocenters. The maximum absolute atomic E-state index is 12.4. The van der Waals surface area contributed by atoms with Crippen molar-refractivity contribution in [2.45, 2.75) is 0 Å². The van der Waals surface area contributed by atoms with Gasteiger partial charge >= 0.3 is 5.97 Å². The van der Waals surface area contributed by atoms with Crippen molar-refractivity contribution in [3.63, 3.8) is 0 Å². The fourth-order valence-electron chi connectivity index (χ4n) is 2.71. The molecule has 0 heterocycles. The molecule has 0 aliphatic heterocycles. The summed E-state index contributed by atoms with van der Waals surface area (Å²) in [5.41, 5.74) is 0.921. The average molecular weight is 443 g/mol. The molecule has 0 aliphatic carbocycles. The summed E-state index contributed by atoms with van der Waals surface area (Å²) < 4.78 is 10.4. The number of benzene rings is 3. The smallest absolute Gasteiger partial charge is 0.343 e. The fourth-order valence-corrected chi connectivity index (χ4v) is 2.71. The number of hydrogen-bond donors (Lipinski definition) is 1. The molecule has 1 amide bonds. The first kappa shape index (κ1) is 22.7. The summed E-state index contributed by atoms with van der Waals surface area (Å²) in [6.45, 7) is 0. The van der Waals surface area contributed by atoms with Crippen LogP contribution in [0.3, 0.4) is 0 Å². The maximum atomic E-state index is 12.4. The van der Waals surface area contributed by atoms with Gasteiger partial charge < -0.3 is 14.8 Å². The van der Waals surface area contributed by atoms with Crippen LogP contribution >= 0.6 is 0 Å². The molecule has 0 fully saturated rings. The van der Waals surface area contributed by atoms with E-state index in [1.807, 2.05) is 6.07 Å². The van der Waals surface area contributed by atoms with Crippen LogP contribution in [0.15, 0.2) is 78.4 Å². The third-order valence-corrected chi connectivity index (χ3v) is 4.43. The van der Waals surface area contributed by atoms with Crippen molar-refractivity contribution in [2.75, 3.05) is 12.4 Å². The van der Waals surface area contributed by atoms with E-state index in [1.165, 1.54) is 49.6 Å². The molecule has 3 rings (SSSR count). The molecule has 0 unspecified atom stereocenters. The lowest BCUT2D eigenvalue weighted by atomic mass is 10.1. The second-order valence-corrected chi connectivity index (χ2v) is 6.61. The molecule has 0 radical (unpaired) electrons. The SMILES string of the molecule is COc1ccc(C(=O)Oc2ccc(/C=C(\C#N)C(=O)Nc3ccc([N+](=O)[O-])cc3)cc2)cc1. The Morgan fingerprint density at radius 3 is 2.12 bits per heavy atom. The molecule has 1 N–H and O–H groups in total. The van der Waals surface area contributed by atoms with Crippen LogP contribution < -0.4 is 14.8 Å². The molecule has 0 saturated carbocycles. The number of nitriles is 1. The van der Waals surface area contributed by atoms with E-state index in [0.29, 0.717) is 28.3 Å². The van der Waals surface area contributed by atoms with Gasteiger partial charge in [-0.1, -0.05) is 12.1 Å². The molecule has 0 aliphatic rings. The number of amides is 1. The highest BCUT2D eigenvalue weighted by atomic mass is 16.6. The number of ether oxygens (including phenoxy) is 2. The first-order valence-electron chi connectivity index (χ1n) is 9.53. The number of nitrogens with one attached hydrogen (secondary N) is 1. The zero-order valence-corrected chi connectivity index (χ0v) is 17.3. The third-order valence-electron chi connectivity index (χ3n) is 4.43. The van der Waals surface area contributed by atoms with Gasteiger partial charge in [0, 0.05) is 17.8 Å². The van der Waals surface area contributed by atoms with Crippen molar-refractivity contribution in [2.24, 2.45) is 0 Å². The summed E-state index contributed by atoms with van der Waals surface area (Å²) in [6.07, 6.45) is 1.37. The standard InChI is InChI=1S/C24H17N3O6/c1-32-21-12-4-17(5-13-21)24(29)33-22-10-2-16(3-11-22)14-18(15-25)23(28)26-19-6-8-20(9-7-19)27(30)31/h2-14H,1H3,(H,26,28)/b18-14+. The zero-order valence-electron chi connectivity index (χ0n) is 17.3. The van der Waals surface area contributed by atoms with Gasteiger partial charge in [0.25, 0.3) is 11.6 Å². The summed E-state index contributed by atoms with van der Waals surface area (Å²) in [5.74, 6) is -0.294. The van der Waals surface area contributed by atoms with Gasteiger partial charge in [-0.15, -0.1) is 0 Å². The van der Waals surface area contributed by atoms with Crippen LogP contribution in [0.2, 0.25) is 0 Å². The highest BCUT2D eigenvalue weighted by molar-refractivity contribution is 6.09. The Morgan fingerprint density at radius 2 is 1.58 bits per heavy atom. The van der Waals surface area contributed by atoms with Crippen molar-refractivity contribution in [1.29, 1.82) is 5.26 Å². The molecule has 9 heteroatoms. The third kappa shape index (κ3) is 6.02. The van der Waals surface area contributed by atoms with Gasteiger partial charge in [-0.05, 0) is 60.2 Å². The predicted molar refractivity (Wildman–Crippen MR) is 120 cm³/mol. The number of anilines is 1. The summed E-state index contributed by atoms with van der Waals surface area (Å²) in [4.78, 5) is 34.8. The number of hydrogen-bond acceptors (Lipinski definition) is 7. The quantitative estimate of drug-likeness (QED) is 0.143. The van der Waals surface area contributed by atoms with E-state index >= 15 is 0 Å². The van der Waals surface area contributed by atoms with Gasteiger partial charge in [0.15, 0.2) is 0 Å². The highest BCUT2D eigenvalue weighted by Crippen LogP contribution is 2.19. The molecular formula is C24H17N3O6. The topological polar surface area (TPSA) is 132 Å². The van der Waals surface area contributed by atoms with Crippen molar-refractivity contribution >= 4 is 29.3 Å². The maximum Gasteiger partial charge on any atom is 0.343 e. The molecule has 0 spiro atoms. The Balaban J connectivity index is 1.66. The number of carbonyl (C=O) groups excluding carboxylic acids is 2.